The molecule has 2 aromatic carbocycles. The Kier molecular flexibility index (Phi) is 9.29. The Morgan fingerprint density at radius 3 is 2.40 bits per heavy atom. The summed E-state index contributed by atoms with van der Waals surface area (Å²) in [7, 11) is 1.74. The first kappa shape index (κ1) is 28.9. The summed E-state index contributed by atoms with van der Waals surface area (Å²) < 4.78 is 11.4. The van der Waals surface area contributed by atoms with E-state index in [4.69, 9.17) is 19.4 Å². The number of fused-ring (bicyclic) bond motifs is 1. The fourth-order valence-electron chi connectivity index (χ4n) is 5.06. The molecule has 3 aromatic heterocycles. The molecule has 43 heavy (non-hydrogen) atoms. The minimum atomic E-state index is -0.318. The van der Waals surface area contributed by atoms with Gasteiger partial charge in [0, 0.05) is 75.8 Å². The second-order valence-electron chi connectivity index (χ2n) is 10.3. The first-order valence-electron chi connectivity index (χ1n) is 14.4. The number of thiazole rings is 1. The summed E-state index contributed by atoms with van der Waals surface area (Å²) in [4.78, 5) is 33.2. The maximum atomic E-state index is 13.7. The van der Waals surface area contributed by atoms with E-state index < -0.39 is 0 Å². The van der Waals surface area contributed by atoms with Gasteiger partial charge in [0.05, 0.1) is 18.0 Å². The van der Waals surface area contributed by atoms with Crippen LogP contribution in [0.1, 0.15) is 10.5 Å². The zero-order chi connectivity index (χ0) is 29.4. The van der Waals surface area contributed by atoms with Crippen LogP contribution in [0.25, 0.3) is 32.2 Å². The smallest absolute Gasteiger partial charge is 0.274 e. The van der Waals surface area contributed by atoms with Gasteiger partial charge in [0.25, 0.3) is 5.91 Å². The number of para-hydroxylation sites is 1. The van der Waals surface area contributed by atoms with Gasteiger partial charge in [-0.2, -0.15) is 0 Å². The predicted octanol–water partition coefficient (Wildman–Crippen LogP) is 5.32. The van der Waals surface area contributed by atoms with Crippen molar-refractivity contribution in [3.8, 4) is 27.6 Å². The highest BCUT2D eigenvalue weighted by Gasteiger charge is 2.19. The Labute approximate surface area is 255 Å². The highest BCUT2D eigenvalue weighted by Crippen LogP contribution is 2.34. The third kappa shape index (κ3) is 7.23. The summed E-state index contributed by atoms with van der Waals surface area (Å²) in [5.41, 5.74) is 4.19. The summed E-state index contributed by atoms with van der Waals surface area (Å²) >= 11 is 1.49. The van der Waals surface area contributed by atoms with E-state index in [0.717, 1.165) is 72.4 Å². The number of nitrogens with zero attached hydrogens (tertiary/aromatic N) is 5. The molecule has 0 aliphatic carbocycles. The molecule has 0 unspecified atom stereocenters. The fraction of sp³-hybridized carbons (Fsp3) is 0.273. The van der Waals surface area contributed by atoms with Crippen molar-refractivity contribution in [2.45, 2.75) is 0 Å². The Morgan fingerprint density at radius 2 is 1.63 bits per heavy atom. The number of hydrogen-bond donors (Lipinski definition) is 1. The number of rotatable bonds is 11. The van der Waals surface area contributed by atoms with Gasteiger partial charge < -0.3 is 14.8 Å². The van der Waals surface area contributed by atoms with Crippen LogP contribution in [0.4, 0.5) is 5.69 Å². The maximum absolute atomic E-state index is 13.7. The summed E-state index contributed by atoms with van der Waals surface area (Å²) in [6.45, 7) is 7.10. The number of methoxy groups -OCH3 is 1. The zero-order valence-corrected chi connectivity index (χ0v) is 24.9. The van der Waals surface area contributed by atoms with Crippen molar-refractivity contribution in [1.29, 1.82) is 0 Å². The largest absolute Gasteiger partial charge is 0.492 e. The lowest BCUT2D eigenvalue weighted by molar-refractivity contribution is 0.0893. The quantitative estimate of drug-likeness (QED) is 0.220. The van der Waals surface area contributed by atoms with Crippen molar-refractivity contribution in [3.05, 3.63) is 90.8 Å². The number of amides is 1. The van der Waals surface area contributed by atoms with Crippen LogP contribution in [0.5, 0.6) is 5.75 Å². The van der Waals surface area contributed by atoms with Crippen LogP contribution in [0.15, 0.2) is 85.1 Å². The molecule has 1 aliphatic heterocycles. The lowest BCUT2D eigenvalue weighted by Gasteiger charge is -2.34. The number of hydrogen-bond acceptors (Lipinski definition) is 9. The van der Waals surface area contributed by atoms with E-state index in [-0.39, 0.29) is 11.6 Å². The zero-order valence-electron chi connectivity index (χ0n) is 24.1. The van der Waals surface area contributed by atoms with Crippen molar-refractivity contribution in [2.24, 2.45) is 0 Å². The molecular weight excluding hydrogens is 560 g/mol. The van der Waals surface area contributed by atoms with Gasteiger partial charge in [-0.1, -0.05) is 53.8 Å². The van der Waals surface area contributed by atoms with Crippen LogP contribution >= 0.6 is 11.3 Å². The number of benzene rings is 2. The molecule has 6 rings (SSSR count). The van der Waals surface area contributed by atoms with Gasteiger partial charge in [-0.15, -0.1) is 0 Å². The van der Waals surface area contributed by atoms with E-state index in [1.54, 1.807) is 19.4 Å². The number of pyridine rings is 2. The average molecular weight is 595 g/mol. The number of anilines is 1. The van der Waals surface area contributed by atoms with Crippen molar-refractivity contribution in [3.63, 3.8) is 0 Å². The van der Waals surface area contributed by atoms with Gasteiger partial charge >= 0.3 is 0 Å². The summed E-state index contributed by atoms with van der Waals surface area (Å²) in [6.07, 6.45) is 1.76. The monoisotopic (exact) mass is 594 g/mol. The van der Waals surface area contributed by atoms with E-state index in [0.29, 0.717) is 23.7 Å². The van der Waals surface area contributed by atoms with Gasteiger partial charge in [-0.25, -0.2) is 15.0 Å². The molecule has 0 radical (unpaired) electrons. The minimum Gasteiger partial charge on any atom is -0.492 e. The molecule has 4 heterocycles. The minimum absolute atomic E-state index is 0.281. The Balaban J connectivity index is 1.18. The van der Waals surface area contributed by atoms with Crippen molar-refractivity contribution in [2.75, 3.05) is 64.9 Å². The SMILES string of the molecule is COCCN1CCN(CCOc2cc(C(=O)Nc3ccccc3-c3nc4cccnc4s3)nc(-c3ccccc3)c2)CC1. The molecule has 1 saturated heterocycles. The normalized spacial score (nSPS) is 14.2. The van der Waals surface area contributed by atoms with Crippen LogP contribution in [0.2, 0.25) is 0 Å². The predicted molar refractivity (Wildman–Crippen MR) is 171 cm³/mol. The topological polar surface area (TPSA) is 92.7 Å². The molecule has 0 spiro atoms. The van der Waals surface area contributed by atoms with Gasteiger partial charge in [-0.3, -0.25) is 14.6 Å². The van der Waals surface area contributed by atoms with Crippen LogP contribution in [-0.2, 0) is 4.74 Å². The van der Waals surface area contributed by atoms with E-state index in [9.17, 15) is 4.79 Å². The molecule has 1 fully saturated rings. The second kappa shape index (κ2) is 13.8. The van der Waals surface area contributed by atoms with Crippen molar-refractivity contribution < 1.29 is 14.3 Å². The molecule has 10 heteroatoms. The van der Waals surface area contributed by atoms with Gasteiger partial charge in [-0.05, 0) is 24.3 Å². The van der Waals surface area contributed by atoms with E-state index in [1.807, 2.05) is 72.8 Å². The van der Waals surface area contributed by atoms with Crippen molar-refractivity contribution >= 4 is 33.3 Å². The van der Waals surface area contributed by atoms with Gasteiger partial charge in [0.2, 0.25) is 0 Å². The number of aromatic nitrogens is 3. The molecule has 1 aliphatic rings. The molecule has 9 nitrogen and oxygen atoms in total. The molecule has 0 saturated carbocycles. The number of carbonyl (C=O) groups excluding carboxylic acids is 1. The highest BCUT2D eigenvalue weighted by atomic mass is 32.1. The number of piperazine rings is 1. The highest BCUT2D eigenvalue weighted by molar-refractivity contribution is 7.21. The number of carbonyl (C=O) groups is 1. The van der Waals surface area contributed by atoms with E-state index >= 15 is 0 Å². The first-order chi connectivity index (χ1) is 21.2. The van der Waals surface area contributed by atoms with Gasteiger partial charge in [0.15, 0.2) is 0 Å². The number of ether oxygens (including phenoxy) is 2. The van der Waals surface area contributed by atoms with Crippen LogP contribution in [0.3, 0.4) is 0 Å². The molecule has 0 bridgehead atoms. The van der Waals surface area contributed by atoms with Crippen LogP contribution < -0.4 is 10.1 Å². The van der Waals surface area contributed by atoms with Crippen molar-refractivity contribution in [1.82, 2.24) is 24.8 Å². The first-order valence-corrected chi connectivity index (χ1v) is 15.2. The fourth-order valence-corrected chi connectivity index (χ4v) is 6.01. The van der Waals surface area contributed by atoms with Crippen LogP contribution in [0, 0.1) is 0 Å². The molecular formula is C33H34N6O3S. The maximum Gasteiger partial charge on any atom is 0.274 e. The van der Waals surface area contributed by atoms with Gasteiger partial charge in [0.1, 0.15) is 33.4 Å². The molecule has 5 aromatic rings. The number of nitrogens with one attached hydrogen (secondary N) is 1. The second-order valence-corrected chi connectivity index (χ2v) is 11.3. The third-order valence-corrected chi connectivity index (χ3v) is 8.44. The Hall–Kier alpha value is -4.22. The summed E-state index contributed by atoms with van der Waals surface area (Å²) in [5.74, 6) is 0.296. The summed E-state index contributed by atoms with van der Waals surface area (Å²) in [6, 6.07) is 24.9. The molecule has 220 valence electrons. The Morgan fingerprint density at radius 1 is 0.884 bits per heavy atom. The van der Waals surface area contributed by atoms with Crippen LogP contribution in [-0.4, -0.2) is 90.3 Å². The third-order valence-electron chi connectivity index (χ3n) is 7.43. The molecule has 1 N–H and O–H groups in total. The van der Waals surface area contributed by atoms with E-state index in [2.05, 4.69) is 20.1 Å². The summed E-state index contributed by atoms with van der Waals surface area (Å²) in [5, 5.41) is 3.86. The lowest BCUT2D eigenvalue weighted by atomic mass is 10.1. The lowest BCUT2D eigenvalue weighted by Crippen LogP contribution is -2.48. The van der Waals surface area contributed by atoms with E-state index in [1.165, 1.54) is 11.3 Å². The Bertz CT molecular complexity index is 1640. The standard InChI is InChI=1S/C33H34N6O3S/c1-41-20-18-38-14-16-39(17-15-38)19-21-42-25-22-29(24-8-3-2-4-9-24)35-30(23-25)31(40)36-27-11-6-5-10-26(27)32-37-28-12-7-13-34-33(28)43-32/h2-13,22-23H,14-21H2,1H3,(H,36,40). The molecule has 0 atom stereocenters. The molecule has 1 amide bonds. The average Bonchev–Trinajstić information content (AvgIpc) is 3.49.